The molecule has 1 aromatic rings. The first-order valence-corrected chi connectivity index (χ1v) is 5.66. The van der Waals surface area contributed by atoms with Crippen LogP contribution >= 0.6 is 11.6 Å². The van der Waals surface area contributed by atoms with Gasteiger partial charge < -0.3 is 0 Å². The number of allylic oxidation sites excluding steroid dienone is 2. The first-order chi connectivity index (χ1) is 7.63. The van der Waals surface area contributed by atoms with Crippen molar-refractivity contribution in [3.63, 3.8) is 0 Å². The van der Waals surface area contributed by atoms with Crippen molar-refractivity contribution in [3.05, 3.63) is 28.3 Å². The number of hydrogen-bond donors (Lipinski definition) is 0. The molecule has 84 valence electrons. The maximum atomic E-state index is 11.6. The average Bonchev–Trinajstić information content (AvgIpc) is 2.47. The largest absolute Gasteiger partial charge is 0.296 e. The second kappa shape index (κ2) is 4.26. The quantitative estimate of drug-likeness (QED) is 0.740. The van der Waals surface area contributed by atoms with Gasteiger partial charge >= 0.3 is 0 Å². The Morgan fingerprint density at radius 2 is 2.38 bits per heavy atom. The van der Waals surface area contributed by atoms with Gasteiger partial charge in [0.2, 0.25) is 0 Å². The molecule has 3 nitrogen and oxygen atoms in total. The minimum absolute atomic E-state index is 0.0200. The number of carbonyl (C=O) groups excluding carboxylic acids is 1. The second-order valence-corrected chi connectivity index (χ2v) is 4.21. The molecule has 0 amide bonds. The van der Waals surface area contributed by atoms with Crippen LogP contribution in [-0.4, -0.2) is 15.3 Å². The molecule has 16 heavy (non-hydrogen) atoms. The van der Waals surface area contributed by atoms with Gasteiger partial charge in [-0.05, 0) is 12.5 Å². The van der Waals surface area contributed by atoms with Crippen molar-refractivity contribution in [1.82, 2.24) is 9.55 Å². The van der Waals surface area contributed by atoms with E-state index < -0.39 is 0 Å². The highest BCUT2D eigenvalue weighted by atomic mass is 35.5. The van der Waals surface area contributed by atoms with Crippen LogP contribution in [0.4, 0.5) is 0 Å². The zero-order valence-corrected chi connectivity index (χ0v) is 10.1. The third-order valence-corrected chi connectivity index (χ3v) is 2.78. The smallest absolute Gasteiger partial charge is 0.178 e. The number of aromatic nitrogens is 2. The van der Waals surface area contributed by atoms with E-state index in [1.807, 2.05) is 19.1 Å². The molecule has 0 saturated heterocycles. The van der Waals surface area contributed by atoms with Crippen LogP contribution in [-0.2, 0) is 6.42 Å². The molecule has 0 aliphatic carbocycles. The topological polar surface area (TPSA) is 34.9 Å². The number of aryl methyl sites for hydroxylation is 1. The lowest BCUT2D eigenvalue weighted by Crippen LogP contribution is -2.04. The third-order valence-electron chi connectivity index (χ3n) is 2.53. The van der Waals surface area contributed by atoms with Crippen LogP contribution in [0.5, 0.6) is 0 Å². The fourth-order valence-electron chi connectivity index (χ4n) is 1.84. The fourth-order valence-corrected chi connectivity index (χ4v) is 2.02. The van der Waals surface area contributed by atoms with Gasteiger partial charge in [0.15, 0.2) is 5.78 Å². The Balaban J connectivity index is 2.68. The van der Waals surface area contributed by atoms with Crippen LogP contribution in [0.1, 0.15) is 42.3 Å². The van der Waals surface area contributed by atoms with Crippen molar-refractivity contribution >= 4 is 29.7 Å². The Hall–Kier alpha value is -1.35. The Morgan fingerprint density at radius 3 is 3.00 bits per heavy atom. The molecule has 0 saturated carbocycles. The average molecular weight is 237 g/mol. The second-order valence-electron chi connectivity index (χ2n) is 3.73. The van der Waals surface area contributed by atoms with Crippen LogP contribution < -0.4 is 0 Å². The number of imidazole rings is 1. The van der Waals surface area contributed by atoms with Gasteiger partial charge in [0, 0.05) is 24.6 Å². The molecule has 2 rings (SSSR count). The molecule has 1 aliphatic heterocycles. The van der Waals surface area contributed by atoms with E-state index in [4.69, 9.17) is 11.6 Å². The molecule has 0 radical (unpaired) electrons. The molecular weight excluding hydrogens is 224 g/mol. The minimum atomic E-state index is 0.0200. The summed E-state index contributed by atoms with van der Waals surface area (Å²) in [7, 11) is 0. The van der Waals surface area contributed by atoms with Gasteiger partial charge in [0.05, 0.1) is 5.69 Å². The lowest BCUT2D eigenvalue weighted by Gasteiger charge is -2.02. The third kappa shape index (κ3) is 1.83. The molecule has 1 aromatic heterocycles. The number of carbonyl (C=O) groups is 1. The van der Waals surface area contributed by atoms with Gasteiger partial charge in [-0.15, -0.1) is 0 Å². The van der Waals surface area contributed by atoms with E-state index in [1.165, 1.54) is 0 Å². The van der Waals surface area contributed by atoms with E-state index in [9.17, 15) is 4.79 Å². The zero-order valence-electron chi connectivity index (χ0n) is 9.33. The highest BCUT2D eigenvalue weighted by Crippen LogP contribution is 2.22. The first kappa shape index (κ1) is 11.1. The molecule has 0 aromatic carbocycles. The molecule has 0 fully saturated rings. The monoisotopic (exact) mass is 236 g/mol. The maximum absolute atomic E-state index is 11.6. The molecule has 1 aliphatic rings. The lowest BCUT2D eigenvalue weighted by molar-refractivity contribution is 0.101. The Labute approximate surface area is 99.4 Å². The minimum Gasteiger partial charge on any atom is -0.296 e. The zero-order chi connectivity index (χ0) is 11.7. The van der Waals surface area contributed by atoms with Crippen molar-refractivity contribution < 1.29 is 4.79 Å². The molecule has 0 unspecified atom stereocenters. The van der Waals surface area contributed by atoms with E-state index in [2.05, 4.69) is 4.98 Å². The van der Waals surface area contributed by atoms with Gasteiger partial charge in [-0.3, -0.25) is 9.36 Å². The van der Waals surface area contributed by atoms with Gasteiger partial charge in [0.1, 0.15) is 11.5 Å². The van der Waals surface area contributed by atoms with E-state index in [1.54, 1.807) is 17.7 Å². The van der Waals surface area contributed by atoms with Crippen molar-refractivity contribution in [2.24, 2.45) is 0 Å². The molecule has 0 N–H and O–H groups in total. The summed E-state index contributed by atoms with van der Waals surface area (Å²) >= 11 is 6.03. The summed E-state index contributed by atoms with van der Waals surface area (Å²) in [5.74, 6) is 0.796. The first-order valence-electron chi connectivity index (χ1n) is 5.28. The summed E-state index contributed by atoms with van der Waals surface area (Å²) < 4.78 is 1.78. The van der Waals surface area contributed by atoms with E-state index in [-0.39, 0.29) is 5.78 Å². The molecule has 4 heteroatoms. The molecular formula is C12H13ClN2O. The SMILES string of the molecule is CCc1nc2n(c1C(C)=O)C=C(Cl)CC=C2. The van der Waals surface area contributed by atoms with Crippen molar-refractivity contribution in [2.75, 3.05) is 0 Å². The Bertz CT molecular complexity index is 497. The van der Waals surface area contributed by atoms with Gasteiger partial charge in [-0.2, -0.15) is 0 Å². The Kier molecular flexibility index (Phi) is 2.97. The summed E-state index contributed by atoms with van der Waals surface area (Å²) in [6, 6.07) is 0. The van der Waals surface area contributed by atoms with Crippen LogP contribution in [0.3, 0.4) is 0 Å². The number of ketones is 1. The van der Waals surface area contributed by atoms with Crippen LogP contribution in [0.2, 0.25) is 0 Å². The van der Waals surface area contributed by atoms with Gasteiger partial charge in [0.25, 0.3) is 0 Å². The Morgan fingerprint density at radius 1 is 1.62 bits per heavy atom. The van der Waals surface area contributed by atoms with Gasteiger partial charge in [-0.25, -0.2) is 4.98 Å². The normalized spacial score (nSPS) is 14.3. The van der Waals surface area contributed by atoms with Crippen molar-refractivity contribution in [2.45, 2.75) is 26.7 Å². The molecule has 0 atom stereocenters. The number of halogens is 1. The molecule has 2 heterocycles. The van der Waals surface area contributed by atoms with Crippen molar-refractivity contribution in [1.29, 1.82) is 0 Å². The van der Waals surface area contributed by atoms with Crippen molar-refractivity contribution in [3.8, 4) is 0 Å². The molecule has 0 bridgehead atoms. The van der Waals surface area contributed by atoms with Crippen LogP contribution in [0, 0.1) is 0 Å². The summed E-state index contributed by atoms with van der Waals surface area (Å²) in [5.41, 5.74) is 1.47. The highest BCUT2D eigenvalue weighted by Gasteiger charge is 2.18. The number of rotatable bonds is 2. The highest BCUT2D eigenvalue weighted by molar-refractivity contribution is 6.31. The maximum Gasteiger partial charge on any atom is 0.178 e. The summed E-state index contributed by atoms with van der Waals surface area (Å²) in [4.78, 5) is 16.1. The van der Waals surface area contributed by atoms with Crippen LogP contribution in [0.15, 0.2) is 11.1 Å². The predicted octanol–water partition coefficient (Wildman–Crippen LogP) is 3.10. The van der Waals surface area contributed by atoms with E-state index >= 15 is 0 Å². The fraction of sp³-hybridized carbons (Fsp3) is 0.333. The van der Waals surface area contributed by atoms with Crippen LogP contribution in [0.25, 0.3) is 12.3 Å². The summed E-state index contributed by atoms with van der Waals surface area (Å²) in [5, 5.41) is 0.706. The lowest BCUT2D eigenvalue weighted by atomic mass is 10.2. The standard InChI is InChI=1S/C12H13ClN2O/c1-3-10-12(8(2)16)15-7-9(13)5-4-6-11(15)14-10/h4,6-7H,3,5H2,1-2H3. The molecule has 0 spiro atoms. The number of Topliss-reactive ketones (excluding diaryl/α,β-unsaturated/α-hetero) is 1. The summed E-state index contributed by atoms with van der Waals surface area (Å²) in [6.45, 7) is 3.55. The van der Waals surface area contributed by atoms with E-state index in [0.29, 0.717) is 17.1 Å². The van der Waals surface area contributed by atoms with E-state index in [0.717, 1.165) is 17.9 Å². The number of hydrogen-bond acceptors (Lipinski definition) is 2. The number of fused-ring (bicyclic) bond motifs is 1. The predicted molar refractivity (Wildman–Crippen MR) is 65.4 cm³/mol. The number of nitrogens with zero attached hydrogens (tertiary/aromatic N) is 2. The summed E-state index contributed by atoms with van der Waals surface area (Å²) in [6.07, 6.45) is 7.06. The van der Waals surface area contributed by atoms with Gasteiger partial charge in [-0.1, -0.05) is 24.6 Å².